The van der Waals surface area contributed by atoms with Gasteiger partial charge in [0.1, 0.15) is 0 Å². The van der Waals surface area contributed by atoms with Crippen molar-refractivity contribution in [2.75, 3.05) is 18.5 Å². The summed E-state index contributed by atoms with van der Waals surface area (Å²) >= 11 is 12.5. The minimum absolute atomic E-state index is 0.267. The SMILES string of the molecule is NC1=N[C@@H](c2ccc(Cl)cc2Cl)n2c(nc3cc4c(cc32)OCCCO4)N1. The molecule has 5 rings (SSSR count). The Hall–Kier alpha value is -2.64. The molecule has 3 N–H and O–H groups in total. The molecule has 27 heavy (non-hydrogen) atoms. The number of fused-ring (bicyclic) bond motifs is 4. The lowest BCUT2D eigenvalue weighted by molar-refractivity contribution is 0.297. The minimum atomic E-state index is -0.472. The van der Waals surface area contributed by atoms with Gasteiger partial charge in [-0.15, -0.1) is 0 Å². The van der Waals surface area contributed by atoms with E-state index in [-0.39, 0.29) is 5.96 Å². The first kappa shape index (κ1) is 16.5. The van der Waals surface area contributed by atoms with E-state index in [1.807, 2.05) is 22.8 Å². The average molecular weight is 404 g/mol. The van der Waals surface area contributed by atoms with Crippen LogP contribution in [-0.2, 0) is 0 Å². The molecule has 7 nitrogen and oxygen atoms in total. The monoisotopic (exact) mass is 403 g/mol. The van der Waals surface area contributed by atoms with Crippen molar-refractivity contribution < 1.29 is 9.47 Å². The van der Waals surface area contributed by atoms with Gasteiger partial charge in [-0.3, -0.25) is 9.88 Å². The Balaban J connectivity index is 1.72. The highest BCUT2D eigenvalue weighted by atomic mass is 35.5. The molecule has 0 amide bonds. The zero-order chi connectivity index (χ0) is 18.5. The highest BCUT2D eigenvalue weighted by Crippen LogP contribution is 2.40. The van der Waals surface area contributed by atoms with Crippen LogP contribution in [0.15, 0.2) is 35.3 Å². The highest BCUT2D eigenvalue weighted by molar-refractivity contribution is 6.35. The molecule has 0 fully saturated rings. The highest BCUT2D eigenvalue weighted by Gasteiger charge is 2.28. The van der Waals surface area contributed by atoms with Crippen molar-refractivity contribution in [1.29, 1.82) is 0 Å². The Bertz CT molecular complexity index is 1100. The van der Waals surface area contributed by atoms with Gasteiger partial charge in [0, 0.05) is 34.2 Å². The number of nitrogens with two attached hydrogens (primary N) is 1. The van der Waals surface area contributed by atoms with E-state index in [1.54, 1.807) is 12.1 Å². The number of halogens is 2. The van der Waals surface area contributed by atoms with Crippen LogP contribution in [0.1, 0.15) is 18.2 Å². The summed E-state index contributed by atoms with van der Waals surface area (Å²) in [6.45, 7) is 1.22. The first-order chi connectivity index (χ1) is 13.1. The van der Waals surface area contributed by atoms with Crippen LogP contribution in [0.25, 0.3) is 11.0 Å². The maximum absolute atomic E-state index is 6.44. The van der Waals surface area contributed by atoms with Crippen molar-refractivity contribution >= 4 is 46.1 Å². The Morgan fingerprint density at radius 1 is 1.11 bits per heavy atom. The maximum Gasteiger partial charge on any atom is 0.212 e. The van der Waals surface area contributed by atoms with Gasteiger partial charge < -0.3 is 15.2 Å². The van der Waals surface area contributed by atoms with E-state index in [2.05, 4.69) is 15.3 Å². The van der Waals surface area contributed by atoms with Crippen LogP contribution in [-0.4, -0.2) is 28.7 Å². The molecule has 2 aliphatic rings. The Morgan fingerprint density at radius 3 is 2.67 bits per heavy atom. The number of nitrogens with zero attached hydrogens (tertiary/aromatic N) is 3. The molecule has 0 saturated carbocycles. The van der Waals surface area contributed by atoms with Crippen molar-refractivity contribution in [3.05, 3.63) is 45.9 Å². The Morgan fingerprint density at radius 2 is 1.89 bits per heavy atom. The standard InChI is InChI=1S/C18H15Cl2N5O2/c19-9-2-3-10(11(20)6-9)16-23-17(21)24-18-22-12-7-14-15(8-13(12)25(16)18)27-5-1-4-26-14/h2-3,6-8,16H,1,4-5H2,(H3,21,22,23,24)/t16-/m1/s1. The van der Waals surface area contributed by atoms with Crippen molar-refractivity contribution in [2.45, 2.75) is 12.6 Å². The number of ether oxygens (including phenoxy) is 2. The van der Waals surface area contributed by atoms with Gasteiger partial charge in [0.05, 0.1) is 24.2 Å². The topological polar surface area (TPSA) is 86.7 Å². The largest absolute Gasteiger partial charge is 0.489 e. The molecule has 3 heterocycles. The molecule has 0 radical (unpaired) electrons. The number of guanidine groups is 1. The summed E-state index contributed by atoms with van der Waals surface area (Å²) in [4.78, 5) is 9.20. The smallest absolute Gasteiger partial charge is 0.212 e. The first-order valence-electron chi connectivity index (χ1n) is 8.47. The third kappa shape index (κ3) is 2.74. The number of benzene rings is 2. The molecule has 0 unspecified atom stereocenters. The number of imidazole rings is 1. The first-order valence-corrected chi connectivity index (χ1v) is 9.22. The van der Waals surface area contributed by atoms with Gasteiger partial charge in [-0.2, -0.15) is 0 Å². The van der Waals surface area contributed by atoms with Crippen LogP contribution in [0.5, 0.6) is 11.5 Å². The van der Waals surface area contributed by atoms with Crippen molar-refractivity contribution in [2.24, 2.45) is 10.7 Å². The van der Waals surface area contributed by atoms with Crippen LogP contribution in [0.3, 0.4) is 0 Å². The number of aliphatic imine (C=N–C) groups is 1. The summed E-state index contributed by atoms with van der Waals surface area (Å²) in [7, 11) is 0. The normalized spacial score (nSPS) is 18.4. The molecule has 1 atom stereocenters. The van der Waals surface area contributed by atoms with Gasteiger partial charge in [-0.05, 0) is 12.1 Å². The van der Waals surface area contributed by atoms with Crippen LogP contribution < -0.4 is 20.5 Å². The number of hydrogen-bond donors (Lipinski definition) is 2. The van der Waals surface area contributed by atoms with E-state index in [0.717, 1.165) is 23.0 Å². The summed E-state index contributed by atoms with van der Waals surface area (Å²) in [6.07, 6.45) is 0.365. The zero-order valence-electron chi connectivity index (χ0n) is 14.1. The fourth-order valence-corrected chi connectivity index (χ4v) is 3.85. The second-order valence-electron chi connectivity index (χ2n) is 6.32. The second kappa shape index (κ2) is 6.21. The lowest BCUT2D eigenvalue weighted by Gasteiger charge is -2.24. The molecule has 0 aliphatic carbocycles. The van der Waals surface area contributed by atoms with Crippen LogP contribution in [0.2, 0.25) is 10.0 Å². The van der Waals surface area contributed by atoms with E-state index >= 15 is 0 Å². The summed E-state index contributed by atoms with van der Waals surface area (Å²) in [5, 5.41) is 4.08. The van der Waals surface area contributed by atoms with Crippen molar-refractivity contribution in [3.8, 4) is 11.5 Å². The van der Waals surface area contributed by atoms with Gasteiger partial charge in [0.2, 0.25) is 5.95 Å². The van der Waals surface area contributed by atoms with Crippen LogP contribution in [0, 0.1) is 0 Å². The molecule has 0 bridgehead atoms. The van der Waals surface area contributed by atoms with Gasteiger partial charge in [0.25, 0.3) is 0 Å². The van der Waals surface area contributed by atoms with Gasteiger partial charge in [-0.1, -0.05) is 29.3 Å². The second-order valence-corrected chi connectivity index (χ2v) is 7.17. The van der Waals surface area contributed by atoms with Gasteiger partial charge >= 0.3 is 0 Å². The number of rotatable bonds is 1. The molecule has 3 aromatic rings. The number of aromatic nitrogens is 2. The molecule has 0 spiro atoms. The van der Waals surface area contributed by atoms with E-state index in [0.29, 0.717) is 40.7 Å². The average Bonchev–Trinajstić information content (AvgIpc) is 2.81. The fourth-order valence-electron chi connectivity index (χ4n) is 3.34. The molecule has 138 valence electrons. The quantitative estimate of drug-likeness (QED) is 0.645. The van der Waals surface area contributed by atoms with E-state index in [9.17, 15) is 0 Å². The van der Waals surface area contributed by atoms with E-state index in [4.69, 9.17) is 38.4 Å². The maximum atomic E-state index is 6.44. The molecular weight excluding hydrogens is 389 g/mol. The number of nitrogens with one attached hydrogen (secondary N) is 1. The lowest BCUT2D eigenvalue weighted by atomic mass is 10.1. The molecule has 0 saturated heterocycles. The number of anilines is 1. The Kier molecular flexibility index (Phi) is 3.80. The predicted octanol–water partition coefficient (Wildman–Crippen LogP) is 3.79. The molecule has 2 aliphatic heterocycles. The summed E-state index contributed by atoms with van der Waals surface area (Å²) in [5.41, 5.74) is 8.36. The summed E-state index contributed by atoms with van der Waals surface area (Å²) in [5.74, 6) is 2.22. The van der Waals surface area contributed by atoms with Crippen LogP contribution >= 0.6 is 23.2 Å². The molecule has 1 aromatic heterocycles. The number of hydrogen-bond acceptors (Lipinski definition) is 6. The molecule has 9 heteroatoms. The van der Waals surface area contributed by atoms with E-state index < -0.39 is 6.17 Å². The molecule has 2 aromatic carbocycles. The third-order valence-corrected chi connectivity index (χ3v) is 5.11. The zero-order valence-corrected chi connectivity index (χ0v) is 15.6. The Labute approximate surface area is 164 Å². The van der Waals surface area contributed by atoms with Crippen molar-refractivity contribution in [1.82, 2.24) is 9.55 Å². The fraction of sp³-hybridized carbons (Fsp3) is 0.222. The van der Waals surface area contributed by atoms with Gasteiger partial charge in [0.15, 0.2) is 23.6 Å². The lowest BCUT2D eigenvalue weighted by Crippen LogP contribution is -2.31. The molecular formula is C18H15Cl2N5O2. The van der Waals surface area contributed by atoms with Crippen molar-refractivity contribution in [3.63, 3.8) is 0 Å². The van der Waals surface area contributed by atoms with Crippen LogP contribution in [0.4, 0.5) is 5.95 Å². The summed E-state index contributed by atoms with van der Waals surface area (Å²) < 4.78 is 13.5. The van der Waals surface area contributed by atoms with Gasteiger partial charge in [-0.25, -0.2) is 9.98 Å². The minimum Gasteiger partial charge on any atom is -0.489 e. The third-order valence-electron chi connectivity index (χ3n) is 4.55. The summed E-state index contributed by atoms with van der Waals surface area (Å²) in [6, 6.07) is 9.10. The predicted molar refractivity (Wildman–Crippen MR) is 105 cm³/mol. The van der Waals surface area contributed by atoms with E-state index in [1.165, 1.54) is 0 Å².